The Bertz CT molecular complexity index is 300. The molecule has 0 amide bonds. The lowest BCUT2D eigenvalue weighted by Gasteiger charge is -2.33. The second-order valence-corrected chi connectivity index (χ2v) is 7.78. The second-order valence-electron chi connectivity index (χ2n) is 7.78. The third-order valence-corrected chi connectivity index (χ3v) is 3.83. The van der Waals surface area contributed by atoms with Crippen LogP contribution in [0.4, 0.5) is 0 Å². The van der Waals surface area contributed by atoms with E-state index in [0.29, 0.717) is 11.5 Å². The van der Waals surface area contributed by atoms with Crippen LogP contribution in [0.2, 0.25) is 0 Å². The summed E-state index contributed by atoms with van der Waals surface area (Å²) in [5.41, 5.74) is 0.492. The molecule has 0 aliphatic heterocycles. The summed E-state index contributed by atoms with van der Waals surface area (Å²) < 4.78 is 0. The molecule has 0 saturated carbocycles. The number of hydrogen-bond donors (Lipinski definition) is 2. The molecule has 1 unspecified atom stereocenters. The third kappa shape index (κ3) is 8.41. The minimum absolute atomic E-state index is 0.103. The Kier molecular flexibility index (Phi) is 7.56. The molecule has 0 aromatic rings. The molecule has 0 fully saturated rings. The van der Waals surface area contributed by atoms with Crippen LogP contribution in [0.3, 0.4) is 0 Å². The molecule has 0 bridgehead atoms. The molecule has 0 aliphatic carbocycles. The van der Waals surface area contributed by atoms with Crippen LogP contribution in [0.25, 0.3) is 0 Å². The van der Waals surface area contributed by atoms with Gasteiger partial charge in [0.05, 0.1) is 0 Å². The maximum absolute atomic E-state index is 4.31. The molecule has 20 heavy (non-hydrogen) atoms. The van der Waals surface area contributed by atoms with Crippen molar-refractivity contribution in [3.8, 4) is 0 Å². The number of guanidine groups is 1. The van der Waals surface area contributed by atoms with Gasteiger partial charge in [-0.25, -0.2) is 0 Å². The zero-order chi connectivity index (χ0) is 16.0. The monoisotopic (exact) mass is 284 g/mol. The number of hydrogen-bond acceptors (Lipinski definition) is 2. The number of nitrogens with one attached hydrogen (secondary N) is 2. The van der Waals surface area contributed by atoms with Crippen molar-refractivity contribution in [2.24, 2.45) is 10.4 Å². The van der Waals surface area contributed by atoms with Gasteiger partial charge in [0, 0.05) is 25.2 Å². The quantitative estimate of drug-likeness (QED) is 0.582. The zero-order valence-corrected chi connectivity index (χ0v) is 15.1. The van der Waals surface area contributed by atoms with Gasteiger partial charge >= 0.3 is 0 Å². The van der Waals surface area contributed by atoms with Gasteiger partial charge in [0.15, 0.2) is 5.96 Å². The fourth-order valence-corrected chi connectivity index (χ4v) is 1.61. The van der Waals surface area contributed by atoms with Crippen molar-refractivity contribution in [1.82, 2.24) is 15.5 Å². The lowest BCUT2D eigenvalue weighted by molar-refractivity contribution is 0.197. The van der Waals surface area contributed by atoms with Crippen molar-refractivity contribution in [2.75, 3.05) is 27.7 Å². The largest absolute Gasteiger partial charge is 0.355 e. The first kappa shape index (κ1) is 19.2. The van der Waals surface area contributed by atoms with E-state index in [4.69, 9.17) is 0 Å². The molecule has 0 heterocycles. The molecule has 0 aromatic heterocycles. The van der Waals surface area contributed by atoms with Gasteiger partial charge in [0.1, 0.15) is 0 Å². The molecule has 0 aromatic carbocycles. The maximum atomic E-state index is 4.31. The number of rotatable bonds is 6. The molecular weight excluding hydrogens is 248 g/mol. The number of nitrogens with zero attached hydrogens (tertiary/aromatic N) is 2. The lowest BCUT2D eigenvalue weighted by atomic mass is 9.89. The van der Waals surface area contributed by atoms with Crippen molar-refractivity contribution >= 4 is 5.96 Å². The Labute approximate surface area is 126 Å². The Hall–Kier alpha value is -0.770. The van der Waals surface area contributed by atoms with Crippen LogP contribution in [0, 0.1) is 5.41 Å². The summed E-state index contributed by atoms with van der Waals surface area (Å²) in [5, 5.41) is 6.89. The van der Waals surface area contributed by atoms with E-state index in [1.807, 2.05) is 7.05 Å². The first-order chi connectivity index (χ1) is 8.98. The van der Waals surface area contributed by atoms with Crippen LogP contribution < -0.4 is 10.6 Å². The average molecular weight is 284 g/mol. The molecule has 0 rings (SSSR count). The van der Waals surface area contributed by atoms with Crippen molar-refractivity contribution in [3.63, 3.8) is 0 Å². The van der Waals surface area contributed by atoms with Crippen LogP contribution in [-0.4, -0.2) is 50.1 Å². The molecule has 0 saturated heterocycles. The highest BCUT2D eigenvalue weighted by Crippen LogP contribution is 2.21. The van der Waals surface area contributed by atoms with Gasteiger partial charge in [0.2, 0.25) is 0 Å². The predicted octanol–water partition coefficient (Wildman–Crippen LogP) is 2.71. The van der Waals surface area contributed by atoms with Crippen molar-refractivity contribution in [3.05, 3.63) is 0 Å². The molecule has 0 radical (unpaired) electrons. The summed E-state index contributed by atoms with van der Waals surface area (Å²) in [4.78, 5) is 6.53. The summed E-state index contributed by atoms with van der Waals surface area (Å²) in [6, 6.07) is 0.433. The summed E-state index contributed by atoms with van der Waals surface area (Å²) >= 11 is 0. The van der Waals surface area contributed by atoms with E-state index in [1.54, 1.807) is 0 Å². The molecule has 4 heteroatoms. The van der Waals surface area contributed by atoms with Gasteiger partial charge < -0.3 is 15.5 Å². The van der Waals surface area contributed by atoms with Gasteiger partial charge in [-0.1, -0.05) is 20.8 Å². The molecule has 0 aliphatic rings. The van der Waals surface area contributed by atoms with Crippen LogP contribution in [0.15, 0.2) is 4.99 Å². The van der Waals surface area contributed by atoms with Crippen LogP contribution in [0.1, 0.15) is 54.4 Å². The Morgan fingerprint density at radius 3 is 2.10 bits per heavy atom. The summed E-state index contributed by atoms with van der Waals surface area (Å²) in [6.07, 6.45) is 2.36. The van der Waals surface area contributed by atoms with E-state index in [1.165, 1.54) is 6.42 Å². The minimum Gasteiger partial charge on any atom is -0.355 e. The summed E-state index contributed by atoms with van der Waals surface area (Å²) in [7, 11) is 6.03. The highest BCUT2D eigenvalue weighted by atomic mass is 15.2. The smallest absolute Gasteiger partial charge is 0.191 e. The van der Waals surface area contributed by atoms with Gasteiger partial charge in [-0.3, -0.25) is 4.99 Å². The summed E-state index contributed by atoms with van der Waals surface area (Å²) in [5.74, 6) is 0.890. The van der Waals surface area contributed by atoms with Crippen molar-refractivity contribution < 1.29 is 0 Å². The normalized spacial score (nSPS) is 15.4. The summed E-state index contributed by atoms with van der Waals surface area (Å²) in [6.45, 7) is 14.4. The fourth-order valence-electron chi connectivity index (χ4n) is 1.61. The Balaban J connectivity index is 4.24. The highest BCUT2D eigenvalue weighted by Gasteiger charge is 2.21. The molecular formula is C16H36N4. The van der Waals surface area contributed by atoms with Gasteiger partial charge in [-0.15, -0.1) is 0 Å². The van der Waals surface area contributed by atoms with E-state index >= 15 is 0 Å². The Morgan fingerprint density at radius 1 is 1.15 bits per heavy atom. The molecule has 0 spiro atoms. The van der Waals surface area contributed by atoms with Crippen LogP contribution in [-0.2, 0) is 0 Å². The van der Waals surface area contributed by atoms with Crippen LogP contribution in [0.5, 0.6) is 0 Å². The maximum Gasteiger partial charge on any atom is 0.191 e. The van der Waals surface area contributed by atoms with Gasteiger partial charge in [0.25, 0.3) is 0 Å². The molecule has 4 nitrogen and oxygen atoms in total. The topological polar surface area (TPSA) is 39.7 Å². The highest BCUT2D eigenvalue weighted by molar-refractivity contribution is 5.80. The fraction of sp³-hybridized carbons (Fsp3) is 0.938. The van der Waals surface area contributed by atoms with E-state index in [-0.39, 0.29) is 5.54 Å². The first-order valence-corrected chi connectivity index (χ1v) is 7.62. The second kappa shape index (κ2) is 7.87. The zero-order valence-electron chi connectivity index (χ0n) is 15.1. The van der Waals surface area contributed by atoms with Crippen molar-refractivity contribution in [2.45, 2.75) is 66.0 Å². The number of likely N-dealkylation sites (N-methyl/N-ethyl adjacent to an activating group) is 1. The van der Waals surface area contributed by atoms with E-state index < -0.39 is 0 Å². The SMILES string of the molecule is CN=C(NCC(C)(C)N(C)C)NC(C)CCC(C)(C)C. The first-order valence-electron chi connectivity index (χ1n) is 7.62. The molecule has 1 atom stereocenters. The number of aliphatic imine (C=N–C) groups is 1. The van der Waals surface area contributed by atoms with Crippen molar-refractivity contribution in [1.29, 1.82) is 0 Å². The van der Waals surface area contributed by atoms with Gasteiger partial charge in [-0.05, 0) is 53.1 Å². The van der Waals surface area contributed by atoms with E-state index in [9.17, 15) is 0 Å². The minimum atomic E-state index is 0.103. The molecule has 120 valence electrons. The Morgan fingerprint density at radius 2 is 1.70 bits per heavy atom. The van der Waals surface area contributed by atoms with E-state index in [0.717, 1.165) is 18.9 Å². The van der Waals surface area contributed by atoms with E-state index in [2.05, 4.69) is 76.2 Å². The average Bonchev–Trinajstić information content (AvgIpc) is 2.30. The van der Waals surface area contributed by atoms with Crippen LogP contribution >= 0.6 is 0 Å². The third-order valence-electron chi connectivity index (χ3n) is 3.83. The molecule has 2 N–H and O–H groups in total. The standard InChI is InChI=1S/C16H36N4/c1-13(10-11-15(2,3)4)19-14(17-7)18-12-16(5,6)20(8)9/h13H,10-12H2,1-9H3,(H2,17,18,19). The van der Waals surface area contributed by atoms with Gasteiger partial charge in [-0.2, -0.15) is 0 Å². The lowest BCUT2D eigenvalue weighted by Crippen LogP contribution is -2.52. The predicted molar refractivity (Wildman–Crippen MR) is 90.4 cm³/mol.